The maximum absolute atomic E-state index is 15.3. The van der Waals surface area contributed by atoms with E-state index in [2.05, 4.69) is 5.16 Å². The van der Waals surface area contributed by atoms with Crippen LogP contribution in [0.1, 0.15) is 35.1 Å². The minimum absolute atomic E-state index is 0.0292. The SMILES string of the molecule is O=C(NCCC(F)(F)F)N1CC(F)(c2ccc(C3=NOC(c4cc(Cl)c(Cl)c(C(F)(F)F)c4)(C(F)(F)F)C3)cc2)C1. The molecule has 0 radical (unpaired) electrons. The van der Waals surface area contributed by atoms with Gasteiger partial charge in [-0.25, -0.2) is 9.18 Å². The molecule has 2 heterocycles. The monoisotopic (exact) mass is 639 g/mol. The first-order chi connectivity index (χ1) is 18.8. The highest BCUT2D eigenvalue weighted by molar-refractivity contribution is 6.42. The molecule has 17 heteroatoms. The van der Waals surface area contributed by atoms with E-state index < -0.39 is 89.5 Å². The van der Waals surface area contributed by atoms with Gasteiger partial charge in [-0.05, 0) is 23.3 Å². The molecule has 0 bridgehead atoms. The third-order valence-electron chi connectivity index (χ3n) is 6.58. The van der Waals surface area contributed by atoms with Gasteiger partial charge < -0.3 is 15.1 Å². The van der Waals surface area contributed by atoms with Crippen molar-refractivity contribution < 1.29 is 53.5 Å². The van der Waals surface area contributed by atoms with Gasteiger partial charge in [0.1, 0.15) is 0 Å². The molecule has 0 saturated carbocycles. The van der Waals surface area contributed by atoms with Crippen molar-refractivity contribution in [2.45, 2.75) is 42.6 Å². The predicted octanol–water partition coefficient (Wildman–Crippen LogP) is 7.74. The molecule has 1 atom stereocenters. The number of carbonyl (C=O) groups is 1. The second-order valence-electron chi connectivity index (χ2n) is 9.44. The molecule has 1 N–H and O–H groups in total. The quantitative estimate of drug-likeness (QED) is 0.340. The molecular formula is C24H17Cl2F10N3O2. The molecule has 2 aliphatic rings. The molecule has 0 aromatic heterocycles. The maximum atomic E-state index is 15.3. The van der Waals surface area contributed by atoms with Crippen molar-refractivity contribution in [3.8, 4) is 0 Å². The average molecular weight is 640 g/mol. The van der Waals surface area contributed by atoms with E-state index in [0.29, 0.717) is 6.07 Å². The summed E-state index contributed by atoms with van der Waals surface area (Å²) in [7, 11) is 0. The van der Waals surface area contributed by atoms with Gasteiger partial charge in [0.05, 0.1) is 40.8 Å². The molecule has 2 aromatic rings. The van der Waals surface area contributed by atoms with E-state index in [-0.39, 0.29) is 22.9 Å². The minimum atomic E-state index is -5.25. The zero-order valence-corrected chi connectivity index (χ0v) is 21.8. The molecule has 2 aliphatic heterocycles. The summed E-state index contributed by atoms with van der Waals surface area (Å²) in [5.41, 5.74) is -8.21. The normalized spacial score (nSPS) is 20.8. The van der Waals surface area contributed by atoms with E-state index in [4.69, 9.17) is 28.0 Å². The van der Waals surface area contributed by atoms with E-state index >= 15 is 4.39 Å². The number of hydrogen-bond acceptors (Lipinski definition) is 3. The number of halogens is 12. The first-order valence-electron chi connectivity index (χ1n) is 11.5. The maximum Gasteiger partial charge on any atom is 0.435 e. The van der Waals surface area contributed by atoms with Crippen LogP contribution in [0.4, 0.5) is 48.7 Å². The highest BCUT2D eigenvalue weighted by atomic mass is 35.5. The molecule has 41 heavy (non-hydrogen) atoms. The van der Waals surface area contributed by atoms with Crippen molar-refractivity contribution in [3.05, 3.63) is 68.7 Å². The molecule has 1 unspecified atom stereocenters. The Morgan fingerprint density at radius 1 is 0.976 bits per heavy atom. The standard InChI is InChI=1S/C24H17Cl2F10N3O2/c25-16-8-14(7-15(18(16)26)23(31,32)33)21(24(34,35)36)9-17(38-41-21)12-1-3-13(4-2-12)20(27)10-39(11-20)19(40)37-6-5-22(28,29)30/h1-4,7-8H,5-6,9-11H2,(H,37,40). The van der Waals surface area contributed by atoms with Crippen molar-refractivity contribution in [1.29, 1.82) is 0 Å². The average Bonchev–Trinajstić information content (AvgIpc) is 3.29. The number of carbonyl (C=O) groups excluding carboxylic acids is 1. The Bertz CT molecular complexity index is 1350. The summed E-state index contributed by atoms with van der Waals surface area (Å²) in [5.74, 6) is 0. The van der Waals surface area contributed by atoms with Crippen molar-refractivity contribution in [1.82, 2.24) is 10.2 Å². The van der Waals surface area contributed by atoms with Crippen molar-refractivity contribution >= 4 is 34.9 Å². The Morgan fingerprint density at radius 2 is 1.59 bits per heavy atom. The number of benzene rings is 2. The van der Waals surface area contributed by atoms with Crippen LogP contribution >= 0.6 is 23.2 Å². The van der Waals surface area contributed by atoms with E-state index in [1.807, 2.05) is 5.32 Å². The van der Waals surface area contributed by atoms with E-state index in [1.165, 1.54) is 24.3 Å². The van der Waals surface area contributed by atoms with Crippen LogP contribution in [0.15, 0.2) is 41.6 Å². The third kappa shape index (κ3) is 6.15. The highest BCUT2D eigenvalue weighted by Crippen LogP contribution is 2.51. The molecule has 4 rings (SSSR count). The summed E-state index contributed by atoms with van der Waals surface area (Å²) in [6, 6.07) is 4.77. The molecule has 1 fully saturated rings. The molecule has 224 valence electrons. The Morgan fingerprint density at radius 3 is 2.12 bits per heavy atom. The van der Waals surface area contributed by atoms with Crippen molar-refractivity contribution in [2.24, 2.45) is 5.16 Å². The van der Waals surface area contributed by atoms with Crippen LogP contribution in [0.3, 0.4) is 0 Å². The van der Waals surface area contributed by atoms with Gasteiger partial charge in [0.15, 0.2) is 5.67 Å². The van der Waals surface area contributed by atoms with Crippen LogP contribution in [0, 0.1) is 0 Å². The number of nitrogens with one attached hydrogen (secondary N) is 1. The zero-order valence-electron chi connectivity index (χ0n) is 20.2. The molecule has 2 amide bonds. The number of amides is 2. The molecule has 0 spiro atoms. The van der Waals surface area contributed by atoms with Gasteiger partial charge in [-0.2, -0.15) is 39.5 Å². The third-order valence-corrected chi connectivity index (χ3v) is 7.38. The highest BCUT2D eigenvalue weighted by Gasteiger charge is 2.63. The summed E-state index contributed by atoms with van der Waals surface area (Å²) in [6.45, 7) is -1.65. The number of likely N-dealkylation sites (tertiary alicyclic amines) is 1. The minimum Gasteiger partial charge on any atom is -0.374 e. The van der Waals surface area contributed by atoms with E-state index in [1.54, 1.807) is 0 Å². The van der Waals surface area contributed by atoms with Crippen LogP contribution < -0.4 is 5.32 Å². The lowest BCUT2D eigenvalue weighted by molar-refractivity contribution is -0.276. The van der Waals surface area contributed by atoms with Gasteiger partial charge in [0.25, 0.3) is 5.60 Å². The van der Waals surface area contributed by atoms with Gasteiger partial charge >= 0.3 is 24.6 Å². The lowest BCUT2D eigenvalue weighted by atomic mass is 9.84. The van der Waals surface area contributed by atoms with Gasteiger partial charge in [-0.15, -0.1) is 0 Å². The number of nitrogens with zero attached hydrogens (tertiary/aromatic N) is 2. The summed E-state index contributed by atoms with van der Waals surface area (Å²) in [4.78, 5) is 17.6. The first-order valence-corrected chi connectivity index (χ1v) is 12.3. The summed E-state index contributed by atoms with van der Waals surface area (Å²) >= 11 is 11.3. The summed E-state index contributed by atoms with van der Waals surface area (Å²) < 4.78 is 135. The Hall–Kier alpha value is -2.94. The fourth-order valence-corrected chi connectivity index (χ4v) is 4.79. The predicted molar refractivity (Wildman–Crippen MR) is 126 cm³/mol. The smallest absolute Gasteiger partial charge is 0.374 e. The fourth-order valence-electron chi connectivity index (χ4n) is 4.36. The number of alkyl halides is 10. The molecule has 5 nitrogen and oxygen atoms in total. The Labute approximate surface area is 235 Å². The van der Waals surface area contributed by atoms with Gasteiger partial charge in [0, 0.05) is 18.5 Å². The second-order valence-corrected chi connectivity index (χ2v) is 10.2. The lowest BCUT2D eigenvalue weighted by Crippen LogP contribution is -2.61. The van der Waals surface area contributed by atoms with Crippen LogP contribution in [-0.4, -0.2) is 48.6 Å². The number of urea groups is 1. The molecule has 1 saturated heterocycles. The van der Waals surface area contributed by atoms with Crippen molar-refractivity contribution in [3.63, 3.8) is 0 Å². The van der Waals surface area contributed by atoms with Crippen LogP contribution in [0.25, 0.3) is 0 Å². The number of rotatable bonds is 5. The van der Waals surface area contributed by atoms with Crippen LogP contribution in [0.5, 0.6) is 0 Å². The van der Waals surface area contributed by atoms with E-state index in [0.717, 1.165) is 4.90 Å². The topological polar surface area (TPSA) is 53.9 Å². The molecular weight excluding hydrogens is 623 g/mol. The first kappa shape index (κ1) is 31.0. The molecule has 0 aliphatic carbocycles. The Kier molecular flexibility index (Phi) is 7.87. The lowest BCUT2D eigenvalue weighted by Gasteiger charge is -2.44. The summed E-state index contributed by atoms with van der Waals surface area (Å²) in [6.07, 6.45) is -17.2. The van der Waals surface area contributed by atoms with Crippen LogP contribution in [-0.2, 0) is 22.3 Å². The van der Waals surface area contributed by atoms with Gasteiger partial charge in [-0.1, -0.05) is 52.6 Å². The fraction of sp³-hybridized carbons (Fsp3) is 0.417. The second kappa shape index (κ2) is 10.4. The molecule has 2 aromatic carbocycles. The van der Waals surface area contributed by atoms with E-state index in [9.17, 15) is 44.3 Å². The van der Waals surface area contributed by atoms with Gasteiger partial charge in [0.2, 0.25) is 0 Å². The van der Waals surface area contributed by atoms with Crippen LogP contribution in [0.2, 0.25) is 10.0 Å². The number of hydrogen-bond donors (Lipinski definition) is 1. The number of oxime groups is 1. The zero-order chi connectivity index (χ0) is 30.6. The van der Waals surface area contributed by atoms with Crippen molar-refractivity contribution in [2.75, 3.05) is 19.6 Å². The van der Waals surface area contributed by atoms with Gasteiger partial charge in [-0.3, -0.25) is 0 Å². The largest absolute Gasteiger partial charge is 0.435 e. The Balaban J connectivity index is 1.49. The summed E-state index contributed by atoms with van der Waals surface area (Å²) in [5, 5.41) is 3.72.